The van der Waals surface area contributed by atoms with Crippen molar-refractivity contribution in [2.45, 2.75) is 39.1 Å². The molecule has 6 nitrogen and oxygen atoms in total. The lowest BCUT2D eigenvalue weighted by Crippen LogP contribution is -2.68. The van der Waals surface area contributed by atoms with E-state index in [0.717, 1.165) is 11.1 Å². The molecule has 6 heteroatoms. The molecule has 1 aliphatic heterocycles. The highest BCUT2D eigenvalue weighted by molar-refractivity contribution is 6.13. The summed E-state index contributed by atoms with van der Waals surface area (Å²) < 4.78 is 15.9. The number of esters is 3. The molecule has 0 amide bonds. The molecule has 0 saturated carbocycles. The first-order valence-electron chi connectivity index (χ1n) is 9.58. The molecular weight excluding hydrogens is 372 g/mol. The molecule has 0 radical (unpaired) electrons. The minimum absolute atomic E-state index is 0.0284. The van der Waals surface area contributed by atoms with Crippen LogP contribution in [-0.2, 0) is 41.8 Å². The Labute approximate surface area is 169 Å². The molecule has 1 saturated heterocycles. The Morgan fingerprint density at radius 2 is 1.34 bits per heavy atom. The van der Waals surface area contributed by atoms with E-state index in [9.17, 15) is 14.4 Å². The lowest BCUT2D eigenvalue weighted by Gasteiger charge is -2.43. The van der Waals surface area contributed by atoms with Crippen molar-refractivity contribution in [3.63, 3.8) is 0 Å². The maximum atomic E-state index is 12.9. The third kappa shape index (κ3) is 4.47. The zero-order valence-electron chi connectivity index (χ0n) is 16.5. The van der Waals surface area contributed by atoms with E-state index in [1.165, 1.54) is 0 Å². The summed E-state index contributed by atoms with van der Waals surface area (Å²) in [4.78, 5) is 37.9. The normalized spacial score (nSPS) is 17.2. The molecule has 1 aliphatic rings. The molecule has 0 N–H and O–H groups in total. The van der Waals surface area contributed by atoms with Crippen LogP contribution < -0.4 is 0 Å². The van der Waals surface area contributed by atoms with Crippen LogP contribution in [0.15, 0.2) is 60.7 Å². The highest BCUT2D eigenvalue weighted by Crippen LogP contribution is 2.41. The molecule has 0 bridgehead atoms. The fourth-order valence-corrected chi connectivity index (χ4v) is 3.25. The topological polar surface area (TPSA) is 78.9 Å². The van der Waals surface area contributed by atoms with Crippen molar-refractivity contribution < 1.29 is 28.6 Å². The van der Waals surface area contributed by atoms with Gasteiger partial charge in [-0.1, -0.05) is 74.5 Å². The van der Waals surface area contributed by atoms with Crippen LogP contribution in [0.3, 0.4) is 0 Å². The first-order valence-corrected chi connectivity index (χ1v) is 9.58. The predicted octanol–water partition coefficient (Wildman–Crippen LogP) is 3.43. The van der Waals surface area contributed by atoms with Crippen molar-refractivity contribution in [2.75, 3.05) is 0 Å². The van der Waals surface area contributed by atoms with Gasteiger partial charge in [-0.25, -0.2) is 9.59 Å². The summed E-state index contributed by atoms with van der Waals surface area (Å²) in [6.07, 6.45) is 0.319. The molecule has 1 unspecified atom stereocenters. The summed E-state index contributed by atoms with van der Waals surface area (Å²) in [5.74, 6) is -3.23. The summed E-state index contributed by atoms with van der Waals surface area (Å²) in [6, 6.07) is 18.2. The van der Waals surface area contributed by atoms with Gasteiger partial charge in [0.1, 0.15) is 19.1 Å². The van der Waals surface area contributed by atoms with Crippen LogP contribution in [0.5, 0.6) is 0 Å². The smallest absolute Gasteiger partial charge is 0.363 e. The Kier molecular flexibility index (Phi) is 6.32. The lowest BCUT2D eigenvalue weighted by molar-refractivity contribution is -0.235. The maximum absolute atomic E-state index is 12.9. The average molecular weight is 396 g/mol. The predicted molar refractivity (Wildman–Crippen MR) is 104 cm³/mol. The van der Waals surface area contributed by atoms with E-state index in [1.807, 2.05) is 50.2 Å². The van der Waals surface area contributed by atoms with Crippen LogP contribution in [0.4, 0.5) is 0 Å². The van der Waals surface area contributed by atoms with E-state index in [1.54, 1.807) is 24.3 Å². The van der Waals surface area contributed by atoms with Crippen molar-refractivity contribution in [3.8, 4) is 0 Å². The Morgan fingerprint density at radius 1 is 0.897 bits per heavy atom. The molecule has 3 rings (SSSR count). The van der Waals surface area contributed by atoms with Gasteiger partial charge in [0, 0.05) is 0 Å². The highest BCUT2D eigenvalue weighted by Gasteiger charge is 2.69. The number of ether oxygens (including phenoxy) is 3. The molecular formula is C23H24O6. The number of benzene rings is 2. The van der Waals surface area contributed by atoms with E-state index in [0.29, 0.717) is 6.42 Å². The largest absolute Gasteiger partial charge is 0.457 e. The highest BCUT2D eigenvalue weighted by atomic mass is 16.7. The fraction of sp³-hybridized carbons (Fsp3) is 0.348. The molecule has 29 heavy (non-hydrogen) atoms. The van der Waals surface area contributed by atoms with Crippen molar-refractivity contribution in [1.82, 2.24) is 0 Å². The monoisotopic (exact) mass is 396 g/mol. The first-order chi connectivity index (χ1) is 13.9. The molecule has 0 aliphatic carbocycles. The van der Waals surface area contributed by atoms with Gasteiger partial charge < -0.3 is 14.2 Å². The van der Waals surface area contributed by atoms with Crippen LogP contribution in [-0.4, -0.2) is 23.5 Å². The number of carbonyl (C=O) groups is 3. The van der Waals surface area contributed by atoms with Crippen molar-refractivity contribution in [2.24, 2.45) is 11.8 Å². The van der Waals surface area contributed by atoms with Gasteiger partial charge in [0.05, 0.1) is 0 Å². The first kappa shape index (κ1) is 20.6. The van der Waals surface area contributed by atoms with E-state index in [2.05, 4.69) is 0 Å². The van der Waals surface area contributed by atoms with Crippen molar-refractivity contribution >= 4 is 17.9 Å². The van der Waals surface area contributed by atoms with Gasteiger partial charge >= 0.3 is 23.5 Å². The molecule has 1 atom stereocenters. The number of carbonyl (C=O) groups excluding carboxylic acids is 3. The second-order valence-electron chi connectivity index (χ2n) is 7.46. The quantitative estimate of drug-likeness (QED) is 0.386. The van der Waals surface area contributed by atoms with Gasteiger partial charge in [0.25, 0.3) is 0 Å². The van der Waals surface area contributed by atoms with Gasteiger partial charge in [-0.05, 0) is 23.5 Å². The Morgan fingerprint density at radius 3 is 1.72 bits per heavy atom. The molecule has 1 heterocycles. The summed E-state index contributed by atoms with van der Waals surface area (Å²) in [5.41, 5.74) is -0.523. The minimum atomic E-state index is -2.05. The number of hydrogen-bond donors (Lipinski definition) is 0. The van der Waals surface area contributed by atoms with Gasteiger partial charge in [-0.3, -0.25) is 4.79 Å². The van der Waals surface area contributed by atoms with Gasteiger partial charge in [-0.2, -0.15) is 0 Å². The van der Waals surface area contributed by atoms with E-state index in [-0.39, 0.29) is 19.1 Å². The standard InChI is InChI=1S/C23H24O6/c1-16(2)13-19-20(24)29-23(19,21(25)27-14-17-9-5-3-6-10-17)22(26)28-15-18-11-7-4-8-12-18/h3-12,16,19H,13-15H2,1-2H3. The summed E-state index contributed by atoms with van der Waals surface area (Å²) >= 11 is 0. The lowest BCUT2D eigenvalue weighted by atomic mass is 9.76. The second-order valence-corrected chi connectivity index (χ2v) is 7.46. The fourth-order valence-electron chi connectivity index (χ4n) is 3.25. The van der Waals surface area contributed by atoms with Crippen LogP contribution in [0, 0.1) is 11.8 Å². The van der Waals surface area contributed by atoms with E-state index in [4.69, 9.17) is 14.2 Å². The number of hydrogen-bond acceptors (Lipinski definition) is 6. The zero-order chi connectivity index (χ0) is 20.9. The minimum Gasteiger partial charge on any atom is -0.457 e. The molecule has 0 spiro atoms. The molecule has 0 aromatic heterocycles. The van der Waals surface area contributed by atoms with Crippen LogP contribution in [0.1, 0.15) is 31.4 Å². The molecule has 1 fully saturated rings. The second kappa shape index (κ2) is 8.90. The van der Waals surface area contributed by atoms with Crippen molar-refractivity contribution in [3.05, 3.63) is 71.8 Å². The number of cyclic esters (lactones) is 1. The zero-order valence-corrected chi connectivity index (χ0v) is 16.5. The van der Waals surface area contributed by atoms with Crippen molar-refractivity contribution in [1.29, 1.82) is 0 Å². The maximum Gasteiger partial charge on any atom is 0.363 e. The van der Waals surface area contributed by atoms with Gasteiger partial charge in [0.2, 0.25) is 0 Å². The van der Waals surface area contributed by atoms with E-state index >= 15 is 0 Å². The number of rotatable bonds is 8. The third-order valence-corrected chi connectivity index (χ3v) is 4.78. The SMILES string of the molecule is CC(C)CC1C(=O)OC1(C(=O)OCc1ccccc1)C(=O)OCc1ccccc1. The third-order valence-electron chi connectivity index (χ3n) is 4.78. The van der Waals surface area contributed by atoms with Gasteiger partial charge in [-0.15, -0.1) is 0 Å². The Balaban J connectivity index is 1.77. The Bertz CT molecular complexity index is 804. The average Bonchev–Trinajstić information content (AvgIpc) is 2.73. The van der Waals surface area contributed by atoms with Crippen LogP contribution in [0.25, 0.3) is 0 Å². The molecule has 2 aromatic carbocycles. The molecule has 2 aromatic rings. The molecule has 152 valence electrons. The summed E-state index contributed by atoms with van der Waals surface area (Å²) in [6.45, 7) is 3.75. The van der Waals surface area contributed by atoms with Crippen LogP contribution in [0.2, 0.25) is 0 Å². The van der Waals surface area contributed by atoms with E-state index < -0.39 is 29.4 Å². The van der Waals surface area contributed by atoms with Gasteiger partial charge in [0.15, 0.2) is 0 Å². The summed E-state index contributed by atoms with van der Waals surface area (Å²) in [5, 5.41) is 0. The van der Waals surface area contributed by atoms with Crippen LogP contribution >= 0.6 is 0 Å². The summed E-state index contributed by atoms with van der Waals surface area (Å²) in [7, 11) is 0. The Hall–Kier alpha value is -3.15.